The molecule has 0 amide bonds. The molecule has 0 aromatic carbocycles. The zero-order valence-electron chi connectivity index (χ0n) is 7.12. The van der Waals surface area contributed by atoms with Crippen LogP contribution in [0, 0.1) is 0 Å². The van der Waals surface area contributed by atoms with Gasteiger partial charge < -0.3 is 5.11 Å². The molecule has 13 heavy (non-hydrogen) atoms. The molecule has 0 spiro atoms. The summed E-state index contributed by atoms with van der Waals surface area (Å²) in [6, 6.07) is 0. The Morgan fingerprint density at radius 3 is 2.62 bits per heavy atom. The molecule has 0 fully saturated rings. The number of Topliss-reactive ketones (excluding diaryl/α,β-unsaturated/α-hetero) is 2. The normalized spacial score (nSPS) is 27.9. The molecule has 0 heterocycles. The van der Waals surface area contributed by atoms with E-state index in [-0.39, 0.29) is 24.4 Å². The van der Waals surface area contributed by atoms with Gasteiger partial charge in [0.05, 0.1) is 6.10 Å². The average Bonchev–Trinajstić information content (AvgIpc) is 2.12. The molecule has 0 aromatic rings. The fourth-order valence-electron chi connectivity index (χ4n) is 1.78. The van der Waals surface area contributed by atoms with Crippen LogP contribution in [0.15, 0.2) is 23.3 Å². The Balaban J connectivity index is 2.51. The third kappa shape index (κ3) is 1.25. The van der Waals surface area contributed by atoms with Gasteiger partial charge in [-0.15, -0.1) is 0 Å². The molecule has 1 N–H and O–H groups in total. The minimum Gasteiger partial charge on any atom is -0.388 e. The third-order valence-corrected chi connectivity index (χ3v) is 2.45. The largest absolute Gasteiger partial charge is 0.388 e. The molecule has 0 saturated carbocycles. The highest BCUT2D eigenvalue weighted by molar-refractivity contribution is 6.13. The summed E-state index contributed by atoms with van der Waals surface area (Å²) in [5.41, 5.74) is 0.758. The first-order valence-corrected chi connectivity index (χ1v) is 4.35. The molecule has 0 aliphatic heterocycles. The lowest BCUT2D eigenvalue weighted by molar-refractivity contribution is -0.123. The van der Waals surface area contributed by atoms with Gasteiger partial charge in [-0.2, -0.15) is 0 Å². The molecule has 3 nitrogen and oxygen atoms in total. The number of aliphatic hydroxyl groups excluding tert-OH is 1. The number of aliphatic hydroxyl groups is 1. The van der Waals surface area contributed by atoms with Crippen molar-refractivity contribution in [2.24, 2.45) is 0 Å². The third-order valence-electron chi connectivity index (χ3n) is 2.45. The summed E-state index contributed by atoms with van der Waals surface area (Å²) in [7, 11) is 0. The predicted octanol–water partition coefficient (Wildman–Crippen LogP) is 0.536. The number of allylic oxidation sites excluding steroid dienone is 2. The van der Waals surface area contributed by atoms with Crippen molar-refractivity contribution >= 4 is 11.6 Å². The zero-order chi connectivity index (χ0) is 9.42. The van der Waals surface area contributed by atoms with Gasteiger partial charge in [0.25, 0.3) is 0 Å². The topological polar surface area (TPSA) is 54.4 Å². The highest BCUT2D eigenvalue weighted by Gasteiger charge is 2.30. The van der Waals surface area contributed by atoms with E-state index in [9.17, 15) is 14.7 Å². The first-order chi connectivity index (χ1) is 6.20. The van der Waals surface area contributed by atoms with E-state index in [0.717, 1.165) is 0 Å². The number of hydrogen-bond acceptors (Lipinski definition) is 3. The lowest BCUT2D eigenvalue weighted by Gasteiger charge is -2.22. The number of carbonyl (C=O) groups excluding carboxylic acids is 2. The Hall–Kier alpha value is -1.22. The summed E-state index contributed by atoms with van der Waals surface area (Å²) < 4.78 is 0. The van der Waals surface area contributed by atoms with Crippen molar-refractivity contribution in [3.05, 3.63) is 23.3 Å². The first-order valence-electron chi connectivity index (χ1n) is 4.35. The van der Waals surface area contributed by atoms with Crippen molar-refractivity contribution in [2.45, 2.75) is 25.4 Å². The molecule has 3 heteroatoms. The van der Waals surface area contributed by atoms with Gasteiger partial charge in [-0.05, 0) is 6.42 Å². The minimum atomic E-state index is -0.767. The standard InChI is InChI=1S/C10H10O3/c11-7-4-5-9(13)10-6(7)2-1-3-8(10)12/h1-2,8,12H,3-5H2. The molecule has 0 saturated heterocycles. The highest BCUT2D eigenvalue weighted by Crippen LogP contribution is 2.27. The second kappa shape index (κ2) is 2.92. The van der Waals surface area contributed by atoms with Crippen LogP contribution in [-0.2, 0) is 9.59 Å². The highest BCUT2D eigenvalue weighted by atomic mass is 16.3. The quantitative estimate of drug-likeness (QED) is 0.589. The number of ketones is 2. The maximum absolute atomic E-state index is 11.4. The van der Waals surface area contributed by atoms with E-state index in [1.165, 1.54) is 0 Å². The number of hydrogen-bond donors (Lipinski definition) is 1. The minimum absolute atomic E-state index is 0.0235. The van der Waals surface area contributed by atoms with Crippen LogP contribution in [0.2, 0.25) is 0 Å². The summed E-state index contributed by atoms with van der Waals surface area (Å²) in [6.45, 7) is 0. The van der Waals surface area contributed by atoms with Crippen LogP contribution >= 0.6 is 0 Å². The predicted molar refractivity (Wildman–Crippen MR) is 46.0 cm³/mol. The van der Waals surface area contributed by atoms with Gasteiger partial charge in [0.15, 0.2) is 11.6 Å². The average molecular weight is 178 g/mol. The summed E-state index contributed by atoms with van der Waals surface area (Å²) in [6.07, 6.45) is 3.60. The molecule has 1 atom stereocenters. The van der Waals surface area contributed by atoms with Crippen molar-refractivity contribution in [2.75, 3.05) is 0 Å². The lowest BCUT2D eigenvalue weighted by atomic mass is 9.82. The Morgan fingerprint density at radius 2 is 1.92 bits per heavy atom. The van der Waals surface area contributed by atoms with Gasteiger partial charge in [-0.25, -0.2) is 0 Å². The van der Waals surface area contributed by atoms with Gasteiger partial charge in [0.2, 0.25) is 0 Å². The van der Waals surface area contributed by atoms with Crippen LogP contribution in [0.4, 0.5) is 0 Å². The monoisotopic (exact) mass is 178 g/mol. The molecular formula is C10H10O3. The van der Waals surface area contributed by atoms with Crippen molar-refractivity contribution < 1.29 is 14.7 Å². The Morgan fingerprint density at radius 1 is 1.23 bits per heavy atom. The molecule has 2 aliphatic rings. The second-order valence-electron chi connectivity index (χ2n) is 3.33. The van der Waals surface area contributed by atoms with Crippen molar-refractivity contribution in [3.63, 3.8) is 0 Å². The summed E-state index contributed by atoms with van der Waals surface area (Å²) in [5.74, 6) is -0.101. The fraction of sp³-hybridized carbons (Fsp3) is 0.400. The smallest absolute Gasteiger partial charge is 0.163 e. The van der Waals surface area contributed by atoms with Gasteiger partial charge in [-0.1, -0.05) is 12.2 Å². The SMILES string of the molecule is O=C1CCC(=O)C2=C1C=CCC2O. The van der Waals surface area contributed by atoms with Gasteiger partial charge in [0.1, 0.15) is 0 Å². The van der Waals surface area contributed by atoms with Crippen LogP contribution in [-0.4, -0.2) is 22.8 Å². The molecule has 1 unspecified atom stereocenters. The van der Waals surface area contributed by atoms with Crippen LogP contribution in [0.5, 0.6) is 0 Å². The summed E-state index contributed by atoms with van der Waals surface area (Å²) in [4.78, 5) is 22.7. The van der Waals surface area contributed by atoms with Gasteiger partial charge in [0, 0.05) is 24.0 Å². The molecule has 2 rings (SSSR count). The van der Waals surface area contributed by atoms with Crippen LogP contribution < -0.4 is 0 Å². The van der Waals surface area contributed by atoms with E-state index >= 15 is 0 Å². The van der Waals surface area contributed by atoms with Crippen LogP contribution in [0.25, 0.3) is 0 Å². The van der Waals surface area contributed by atoms with Crippen LogP contribution in [0.3, 0.4) is 0 Å². The van der Waals surface area contributed by atoms with E-state index in [2.05, 4.69) is 0 Å². The van der Waals surface area contributed by atoms with E-state index in [1.807, 2.05) is 0 Å². The lowest BCUT2D eigenvalue weighted by Crippen LogP contribution is -2.28. The number of carbonyl (C=O) groups is 2. The van der Waals surface area contributed by atoms with Gasteiger partial charge in [-0.3, -0.25) is 9.59 Å². The molecule has 0 aromatic heterocycles. The van der Waals surface area contributed by atoms with Crippen molar-refractivity contribution in [1.82, 2.24) is 0 Å². The maximum atomic E-state index is 11.4. The maximum Gasteiger partial charge on any atom is 0.163 e. The molecule has 68 valence electrons. The second-order valence-corrected chi connectivity index (χ2v) is 3.33. The van der Waals surface area contributed by atoms with E-state index in [0.29, 0.717) is 17.6 Å². The Kier molecular flexibility index (Phi) is 1.88. The Labute approximate surface area is 75.8 Å². The Bertz CT molecular complexity index is 336. The van der Waals surface area contributed by atoms with Crippen LogP contribution in [0.1, 0.15) is 19.3 Å². The summed E-state index contributed by atoms with van der Waals surface area (Å²) >= 11 is 0. The summed E-state index contributed by atoms with van der Waals surface area (Å²) in [5, 5.41) is 9.51. The molecular weight excluding hydrogens is 168 g/mol. The van der Waals surface area contributed by atoms with Crippen molar-refractivity contribution in [1.29, 1.82) is 0 Å². The van der Waals surface area contributed by atoms with Gasteiger partial charge >= 0.3 is 0 Å². The molecule has 0 bridgehead atoms. The van der Waals surface area contributed by atoms with Crippen molar-refractivity contribution in [3.8, 4) is 0 Å². The van der Waals surface area contributed by atoms with E-state index < -0.39 is 6.10 Å². The first kappa shape index (κ1) is 8.38. The zero-order valence-corrected chi connectivity index (χ0v) is 7.12. The van der Waals surface area contributed by atoms with E-state index in [1.54, 1.807) is 12.2 Å². The fourth-order valence-corrected chi connectivity index (χ4v) is 1.78. The van der Waals surface area contributed by atoms with E-state index in [4.69, 9.17) is 0 Å². The number of rotatable bonds is 0. The molecule has 0 radical (unpaired) electrons. The molecule has 2 aliphatic carbocycles.